The lowest BCUT2D eigenvalue weighted by Crippen LogP contribution is -2.61. The van der Waals surface area contributed by atoms with E-state index < -0.39 is 67.3 Å². The van der Waals surface area contributed by atoms with Crippen LogP contribution in [-0.4, -0.2) is 89.2 Å². The highest BCUT2D eigenvalue weighted by Gasteiger charge is 2.50. The van der Waals surface area contributed by atoms with Gasteiger partial charge in [-0.2, -0.15) is 0 Å². The lowest BCUT2D eigenvalue weighted by molar-refractivity contribution is -0.301. The summed E-state index contributed by atoms with van der Waals surface area (Å²) >= 11 is 0. The Hall–Kier alpha value is -4.62. The number of carboxylic acids is 1. The Balaban J connectivity index is 2.73. The first-order chi connectivity index (χ1) is 37.6. The Labute approximate surface area is 465 Å². The number of aliphatic hydroxyl groups excluding tert-OH is 2. The van der Waals surface area contributed by atoms with E-state index in [4.69, 9.17) is 23.7 Å². The van der Waals surface area contributed by atoms with E-state index in [0.717, 1.165) is 122 Å². The van der Waals surface area contributed by atoms with Gasteiger partial charge in [-0.25, -0.2) is 4.79 Å². The van der Waals surface area contributed by atoms with Crippen LogP contribution in [0.1, 0.15) is 226 Å². The minimum atomic E-state index is -1.93. The number of hydrogen-bond acceptors (Lipinski definition) is 11. The summed E-state index contributed by atoms with van der Waals surface area (Å²) in [6.45, 7) is 5.73. The van der Waals surface area contributed by atoms with Crippen LogP contribution in [0.15, 0.2) is 109 Å². The number of carbonyl (C=O) groups is 4. The summed E-state index contributed by atoms with van der Waals surface area (Å²) < 4.78 is 28.3. The molecule has 6 atom stereocenters. The topological polar surface area (TPSA) is 175 Å². The molecule has 12 nitrogen and oxygen atoms in total. The molecule has 0 radical (unpaired) electrons. The van der Waals surface area contributed by atoms with Gasteiger partial charge in [-0.15, -0.1) is 0 Å². The van der Waals surface area contributed by atoms with Gasteiger partial charge in [-0.05, 0) is 116 Å². The summed E-state index contributed by atoms with van der Waals surface area (Å²) in [5.74, 6) is -3.28. The van der Waals surface area contributed by atoms with Crippen LogP contribution < -0.4 is 0 Å². The van der Waals surface area contributed by atoms with Gasteiger partial charge in [0.25, 0.3) is 0 Å². The van der Waals surface area contributed by atoms with Gasteiger partial charge in [0.05, 0.1) is 6.61 Å². The number of allylic oxidation sites excluding steroid dienone is 18. The van der Waals surface area contributed by atoms with Crippen molar-refractivity contribution in [1.29, 1.82) is 0 Å². The molecule has 0 spiro atoms. The maximum atomic E-state index is 13.1. The Morgan fingerprint density at radius 3 is 1.30 bits per heavy atom. The van der Waals surface area contributed by atoms with Gasteiger partial charge in [0.2, 0.25) is 0 Å². The van der Waals surface area contributed by atoms with Crippen molar-refractivity contribution in [2.24, 2.45) is 0 Å². The van der Waals surface area contributed by atoms with Gasteiger partial charge in [0.15, 0.2) is 24.6 Å². The van der Waals surface area contributed by atoms with E-state index in [1.165, 1.54) is 38.5 Å². The van der Waals surface area contributed by atoms with Crippen molar-refractivity contribution in [3.05, 3.63) is 109 Å². The summed E-state index contributed by atoms with van der Waals surface area (Å²) in [5.41, 5.74) is 0. The molecule has 0 amide bonds. The molecule has 0 aliphatic carbocycles. The number of aliphatic hydroxyl groups is 2. The van der Waals surface area contributed by atoms with E-state index in [1.54, 1.807) is 0 Å². The van der Waals surface area contributed by atoms with Gasteiger partial charge in [0.1, 0.15) is 18.8 Å². The summed E-state index contributed by atoms with van der Waals surface area (Å²) in [7, 11) is 0. The van der Waals surface area contributed by atoms with Gasteiger partial charge < -0.3 is 39.0 Å². The normalized spacial score (nSPS) is 18.8. The molecule has 1 rings (SSSR count). The van der Waals surface area contributed by atoms with E-state index in [1.807, 2.05) is 12.2 Å². The third-order valence-corrected chi connectivity index (χ3v) is 12.8. The van der Waals surface area contributed by atoms with Crippen molar-refractivity contribution in [1.82, 2.24) is 0 Å². The van der Waals surface area contributed by atoms with Crippen molar-refractivity contribution < 1.29 is 58.2 Å². The van der Waals surface area contributed by atoms with E-state index >= 15 is 0 Å². The fraction of sp³-hybridized carbons (Fsp3) is 0.662. The zero-order valence-corrected chi connectivity index (χ0v) is 47.9. The molecule has 1 heterocycles. The van der Waals surface area contributed by atoms with Gasteiger partial charge in [-0.3, -0.25) is 14.4 Å². The number of esters is 3. The zero-order chi connectivity index (χ0) is 56.1. The second-order valence-corrected chi connectivity index (χ2v) is 19.9. The summed E-state index contributed by atoms with van der Waals surface area (Å²) in [5, 5.41) is 31.5. The molecular formula is C65H104O12. The maximum Gasteiger partial charge on any atom is 0.335 e. The molecule has 12 heteroatoms. The quantitative estimate of drug-likeness (QED) is 0.0228. The third kappa shape index (κ3) is 42.1. The smallest absolute Gasteiger partial charge is 0.335 e. The molecule has 1 aliphatic rings. The largest absolute Gasteiger partial charge is 0.479 e. The lowest BCUT2D eigenvalue weighted by Gasteiger charge is -2.40. The highest BCUT2D eigenvalue weighted by molar-refractivity contribution is 5.74. The molecule has 6 unspecified atom stereocenters. The van der Waals surface area contributed by atoms with Crippen molar-refractivity contribution >= 4 is 23.9 Å². The highest BCUT2D eigenvalue weighted by atomic mass is 16.7. The van der Waals surface area contributed by atoms with Gasteiger partial charge in [-0.1, -0.05) is 201 Å². The van der Waals surface area contributed by atoms with Crippen LogP contribution in [0.3, 0.4) is 0 Å². The van der Waals surface area contributed by atoms with Gasteiger partial charge in [0, 0.05) is 19.3 Å². The first-order valence-electron chi connectivity index (χ1n) is 29.9. The van der Waals surface area contributed by atoms with Gasteiger partial charge >= 0.3 is 23.9 Å². The number of hydrogen-bond donors (Lipinski definition) is 3. The highest BCUT2D eigenvalue weighted by Crippen LogP contribution is 2.26. The van der Waals surface area contributed by atoms with E-state index in [0.29, 0.717) is 25.7 Å². The molecule has 0 aromatic carbocycles. The summed E-state index contributed by atoms with van der Waals surface area (Å²) in [4.78, 5) is 51.1. The van der Waals surface area contributed by atoms with E-state index in [9.17, 15) is 34.5 Å². The fourth-order valence-electron chi connectivity index (χ4n) is 8.24. The molecule has 0 aromatic rings. The first kappa shape index (κ1) is 70.4. The fourth-order valence-corrected chi connectivity index (χ4v) is 8.24. The summed E-state index contributed by atoms with van der Waals surface area (Å²) in [6.07, 6.45) is 57.8. The molecular weight excluding hydrogens is 973 g/mol. The number of rotatable bonds is 49. The van der Waals surface area contributed by atoms with Crippen molar-refractivity contribution in [2.45, 2.75) is 263 Å². The molecule has 77 heavy (non-hydrogen) atoms. The number of carbonyl (C=O) groups excluding carboxylic acids is 3. The second kappa shape index (κ2) is 52.1. The Morgan fingerprint density at radius 2 is 0.844 bits per heavy atom. The lowest BCUT2D eigenvalue weighted by atomic mass is 9.98. The molecule has 1 fully saturated rings. The summed E-state index contributed by atoms with van der Waals surface area (Å²) in [6, 6.07) is 0. The Kier molecular flexibility index (Phi) is 47.6. The molecule has 3 N–H and O–H groups in total. The van der Waals surface area contributed by atoms with E-state index in [2.05, 4.69) is 118 Å². The number of aliphatic carboxylic acids is 1. The van der Waals surface area contributed by atoms with Crippen molar-refractivity contribution in [3.8, 4) is 0 Å². The molecule has 0 saturated carbocycles. The van der Waals surface area contributed by atoms with Crippen molar-refractivity contribution in [2.75, 3.05) is 13.2 Å². The monoisotopic (exact) mass is 1080 g/mol. The van der Waals surface area contributed by atoms with Crippen LogP contribution in [0.4, 0.5) is 0 Å². The van der Waals surface area contributed by atoms with Crippen LogP contribution in [0, 0.1) is 0 Å². The average molecular weight is 1080 g/mol. The number of carboxylic acid groups (broad SMARTS) is 1. The molecule has 1 aliphatic heterocycles. The standard InChI is InChI=1S/C65H104O12/c1-4-7-10-13-16-19-22-25-27-28-29-30-32-35-38-41-44-47-50-53-59(68)76-63-61(70)60(69)62(64(71)72)77-65(63)74-55-56(75-58(67)52-49-46-43-40-37-33-24-21-18-15-12-9-6-3)54-73-57(66)51-48-45-42-39-36-34-31-26-23-20-17-14-11-8-5-2/h9,12,16-21,25-27,29-31,33,37,43,46,56,60-63,65,69-70H,4-8,10-11,13-15,22-24,28,32,34-36,38-42,44-45,47-55H2,1-3H3,(H,71,72)/b12-9-,19-16-,20-17-,21-18-,27-25-,30-29-,31-26-,37-33-,46-43-. The van der Waals surface area contributed by atoms with Crippen LogP contribution >= 0.6 is 0 Å². The Morgan fingerprint density at radius 1 is 0.442 bits per heavy atom. The minimum absolute atomic E-state index is 0.0312. The molecule has 0 aromatic heterocycles. The van der Waals surface area contributed by atoms with E-state index in [-0.39, 0.29) is 25.9 Å². The third-order valence-electron chi connectivity index (χ3n) is 12.8. The van der Waals surface area contributed by atoms with Crippen LogP contribution in [0.2, 0.25) is 0 Å². The zero-order valence-electron chi connectivity index (χ0n) is 47.9. The maximum absolute atomic E-state index is 13.1. The first-order valence-corrected chi connectivity index (χ1v) is 29.9. The van der Waals surface area contributed by atoms with Crippen molar-refractivity contribution in [3.63, 3.8) is 0 Å². The molecule has 1 saturated heterocycles. The molecule has 0 bridgehead atoms. The van der Waals surface area contributed by atoms with Crippen LogP contribution in [0.5, 0.6) is 0 Å². The second-order valence-electron chi connectivity index (χ2n) is 19.9. The number of ether oxygens (including phenoxy) is 5. The SMILES string of the molecule is CC/C=C\C/C=C\C/C=C\C/C=C\CCC(=O)OC(COC(=O)CCCCCCC/C=C\C/C=C\CCCCC)COC1OC(C(=O)O)C(O)C(O)C1OC(=O)CCCCCCCC/C=C\C/C=C\C/C=C\CCCCC. The predicted molar refractivity (Wildman–Crippen MR) is 312 cm³/mol. The van der Waals surface area contributed by atoms with Crippen LogP contribution in [0.25, 0.3) is 0 Å². The Bertz CT molecular complexity index is 1750. The van der Waals surface area contributed by atoms with Crippen LogP contribution in [-0.2, 0) is 42.9 Å². The number of unbranched alkanes of at least 4 members (excludes halogenated alkanes) is 17. The predicted octanol–water partition coefficient (Wildman–Crippen LogP) is 15.4. The average Bonchev–Trinajstić information content (AvgIpc) is 3.42. The molecule has 436 valence electrons. The minimum Gasteiger partial charge on any atom is -0.479 e.